The highest BCUT2D eigenvalue weighted by Gasteiger charge is 2.21. The summed E-state index contributed by atoms with van der Waals surface area (Å²) in [5, 5.41) is 3.52. The molecule has 1 heterocycles. The van der Waals surface area contributed by atoms with E-state index in [1.807, 2.05) is 6.07 Å². The van der Waals surface area contributed by atoms with Crippen LogP contribution in [0.4, 0.5) is 0 Å². The molecule has 0 saturated heterocycles. The van der Waals surface area contributed by atoms with Crippen LogP contribution in [0.25, 0.3) is 0 Å². The number of hydrogen-bond acceptors (Lipinski definition) is 2. The van der Waals surface area contributed by atoms with Crippen molar-refractivity contribution in [3.63, 3.8) is 0 Å². The molecular weight excluding hydrogens is 186 g/mol. The highest BCUT2D eigenvalue weighted by molar-refractivity contribution is 5.04. The topological polar surface area (TPSA) is 25.2 Å². The molecule has 2 nitrogen and oxygen atoms in total. The van der Waals surface area contributed by atoms with Gasteiger partial charge in [0.1, 0.15) is 5.76 Å². The van der Waals surface area contributed by atoms with E-state index < -0.39 is 0 Å². The Bertz CT molecular complexity index is 262. The minimum Gasteiger partial charge on any atom is -0.468 e. The highest BCUT2D eigenvalue weighted by Crippen LogP contribution is 2.32. The van der Waals surface area contributed by atoms with E-state index in [0.29, 0.717) is 6.04 Å². The average molecular weight is 207 g/mol. The molecule has 1 atom stereocenters. The van der Waals surface area contributed by atoms with Crippen molar-refractivity contribution in [1.82, 2.24) is 5.32 Å². The Kier molecular flexibility index (Phi) is 3.84. The van der Waals surface area contributed by atoms with Crippen molar-refractivity contribution in [2.75, 3.05) is 6.54 Å². The van der Waals surface area contributed by atoms with Crippen molar-refractivity contribution < 1.29 is 4.42 Å². The molecule has 2 heteroatoms. The molecule has 15 heavy (non-hydrogen) atoms. The van der Waals surface area contributed by atoms with Crippen molar-refractivity contribution in [3.05, 3.63) is 24.2 Å². The van der Waals surface area contributed by atoms with E-state index >= 15 is 0 Å². The normalized spacial score (nSPS) is 19.5. The van der Waals surface area contributed by atoms with Crippen molar-refractivity contribution in [2.24, 2.45) is 5.92 Å². The van der Waals surface area contributed by atoms with Crippen LogP contribution in [0.15, 0.2) is 22.8 Å². The number of hydrogen-bond donors (Lipinski definition) is 1. The second kappa shape index (κ2) is 5.36. The van der Waals surface area contributed by atoms with Crippen LogP contribution in [-0.4, -0.2) is 6.54 Å². The molecule has 1 aromatic rings. The summed E-state index contributed by atoms with van der Waals surface area (Å²) in [4.78, 5) is 0. The highest BCUT2D eigenvalue weighted by atomic mass is 16.3. The van der Waals surface area contributed by atoms with Crippen molar-refractivity contribution >= 4 is 0 Å². The number of furan rings is 1. The Morgan fingerprint density at radius 3 is 2.87 bits per heavy atom. The maximum absolute atomic E-state index is 5.50. The number of rotatable bonds is 5. The molecule has 84 valence electrons. The van der Waals surface area contributed by atoms with E-state index in [2.05, 4.69) is 18.3 Å². The maximum atomic E-state index is 5.50. The lowest BCUT2D eigenvalue weighted by molar-refractivity contribution is 0.346. The van der Waals surface area contributed by atoms with Crippen LogP contribution in [0, 0.1) is 5.92 Å². The van der Waals surface area contributed by atoms with Crippen molar-refractivity contribution in [2.45, 2.75) is 45.1 Å². The molecule has 0 aromatic carbocycles. The quantitative estimate of drug-likeness (QED) is 0.799. The van der Waals surface area contributed by atoms with Crippen LogP contribution in [0.3, 0.4) is 0 Å². The average Bonchev–Trinajstić information content (AvgIpc) is 2.89. The fourth-order valence-corrected chi connectivity index (χ4v) is 2.62. The minimum absolute atomic E-state index is 0.424. The first-order valence-electron chi connectivity index (χ1n) is 6.17. The Morgan fingerprint density at radius 1 is 1.47 bits per heavy atom. The van der Waals surface area contributed by atoms with E-state index in [0.717, 1.165) is 18.2 Å². The van der Waals surface area contributed by atoms with Crippen LogP contribution >= 0.6 is 0 Å². The first-order valence-corrected chi connectivity index (χ1v) is 6.17. The van der Waals surface area contributed by atoms with E-state index in [-0.39, 0.29) is 0 Å². The predicted molar refractivity (Wildman–Crippen MR) is 61.7 cm³/mol. The second-order valence-electron chi connectivity index (χ2n) is 4.51. The smallest absolute Gasteiger partial charge is 0.120 e. The molecule has 0 amide bonds. The summed E-state index contributed by atoms with van der Waals surface area (Å²) in [6.07, 6.45) is 8.66. The third-order valence-electron chi connectivity index (χ3n) is 3.38. The second-order valence-corrected chi connectivity index (χ2v) is 4.51. The van der Waals surface area contributed by atoms with E-state index in [4.69, 9.17) is 4.42 Å². The molecule has 1 aromatic heterocycles. The Hall–Kier alpha value is -0.760. The van der Waals surface area contributed by atoms with Gasteiger partial charge in [-0.25, -0.2) is 0 Å². The standard InChI is InChI=1S/C13H21NO/c1-2-14-12(13-8-5-9-15-13)10-11-6-3-4-7-11/h5,8-9,11-12,14H,2-4,6-7,10H2,1H3. The molecule has 1 aliphatic rings. The van der Waals surface area contributed by atoms with Gasteiger partial charge in [-0.1, -0.05) is 32.6 Å². The SMILES string of the molecule is CCNC(CC1CCCC1)c1ccco1. The van der Waals surface area contributed by atoms with Gasteiger partial charge in [0.15, 0.2) is 0 Å². The fraction of sp³-hybridized carbons (Fsp3) is 0.692. The zero-order valence-electron chi connectivity index (χ0n) is 9.54. The Balaban J connectivity index is 1.93. The van der Waals surface area contributed by atoms with Crippen LogP contribution in [0.5, 0.6) is 0 Å². The van der Waals surface area contributed by atoms with E-state index in [1.165, 1.54) is 32.1 Å². The first kappa shape index (κ1) is 10.7. The summed E-state index contributed by atoms with van der Waals surface area (Å²) in [6, 6.07) is 4.49. The van der Waals surface area contributed by atoms with Crippen molar-refractivity contribution in [1.29, 1.82) is 0 Å². The van der Waals surface area contributed by atoms with Gasteiger partial charge in [-0.3, -0.25) is 0 Å². The molecule has 1 aliphatic carbocycles. The minimum atomic E-state index is 0.424. The molecule has 0 spiro atoms. The lowest BCUT2D eigenvalue weighted by Crippen LogP contribution is -2.22. The molecule has 1 fully saturated rings. The van der Waals surface area contributed by atoms with Crippen LogP contribution < -0.4 is 5.32 Å². The molecule has 2 rings (SSSR count). The van der Waals surface area contributed by atoms with Gasteiger partial charge in [-0.05, 0) is 31.0 Å². The lowest BCUT2D eigenvalue weighted by atomic mass is 9.97. The number of nitrogens with one attached hydrogen (secondary N) is 1. The van der Waals surface area contributed by atoms with Crippen LogP contribution in [-0.2, 0) is 0 Å². The zero-order valence-corrected chi connectivity index (χ0v) is 9.54. The Labute approximate surface area is 92.1 Å². The summed E-state index contributed by atoms with van der Waals surface area (Å²) < 4.78 is 5.50. The Morgan fingerprint density at radius 2 is 2.27 bits per heavy atom. The van der Waals surface area contributed by atoms with Crippen LogP contribution in [0.1, 0.15) is 50.8 Å². The monoisotopic (exact) mass is 207 g/mol. The molecule has 0 aliphatic heterocycles. The summed E-state index contributed by atoms with van der Waals surface area (Å²) >= 11 is 0. The van der Waals surface area contributed by atoms with Gasteiger partial charge < -0.3 is 9.73 Å². The van der Waals surface area contributed by atoms with E-state index in [9.17, 15) is 0 Å². The van der Waals surface area contributed by atoms with Gasteiger partial charge in [-0.15, -0.1) is 0 Å². The molecule has 0 radical (unpaired) electrons. The fourth-order valence-electron chi connectivity index (χ4n) is 2.62. The summed E-state index contributed by atoms with van der Waals surface area (Å²) in [7, 11) is 0. The van der Waals surface area contributed by atoms with Gasteiger partial charge >= 0.3 is 0 Å². The first-order chi connectivity index (χ1) is 7.40. The van der Waals surface area contributed by atoms with Crippen LogP contribution in [0.2, 0.25) is 0 Å². The molecule has 1 N–H and O–H groups in total. The molecule has 1 saturated carbocycles. The molecule has 0 bridgehead atoms. The maximum Gasteiger partial charge on any atom is 0.120 e. The van der Waals surface area contributed by atoms with Gasteiger partial charge in [0, 0.05) is 0 Å². The molecule has 1 unspecified atom stereocenters. The van der Waals surface area contributed by atoms with Gasteiger partial charge in [0.25, 0.3) is 0 Å². The third-order valence-corrected chi connectivity index (χ3v) is 3.38. The van der Waals surface area contributed by atoms with Crippen molar-refractivity contribution in [3.8, 4) is 0 Å². The van der Waals surface area contributed by atoms with Gasteiger partial charge in [0.2, 0.25) is 0 Å². The van der Waals surface area contributed by atoms with E-state index in [1.54, 1.807) is 6.26 Å². The molecular formula is C13H21NO. The largest absolute Gasteiger partial charge is 0.468 e. The third kappa shape index (κ3) is 2.85. The summed E-state index contributed by atoms with van der Waals surface area (Å²) in [5.74, 6) is 2.00. The summed E-state index contributed by atoms with van der Waals surface area (Å²) in [5.41, 5.74) is 0. The predicted octanol–water partition coefficient (Wildman–Crippen LogP) is 3.51. The zero-order chi connectivity index (χ0) is 10.5. The van der Waals surface area contributed by atoms with Gasteiger partial charge in [-0.2, -0.15) is 0 Å². The summed E-state index contributed by atoms with van der Waals surface area (Å²) in [6.45, 7) is 3.17. The lowest BCUT2D eigenvalue weighted by Gasteiger charge is -2.19. The van der Waals surface area contributed by atoms with Gasteiger partial charge in [0.05, 0.1) is 12.3 Å².